The molecule has 10 amide bonds. The Morgan fingerprint density at radius 3 is 1.73 bits per heavy atom. The molecule has 1 aromatic heterocycles. The third kappa shape index (κ3) is 23.6. The van der Waals surface area contributed by atoms with Gasteiger partial charge in [-0.25, -0.2) is 4.79 Å². The van der Waals surface area contributed by atoms with Crippen molar-refractivity contribution in [2.24, 2.45) is 34.6 Å². The molecule has 1 unspecified atom stereocenters. The standard InChI is InChI=1S/C59H87ClN16O14/c1-31(2)27-44-54(84)70-38(13-20-61)49(79)69-41(16-23-64)53(83)75-47(32(3)77)57(87)67-26-19-42(52(82)68-39(14-21-62)51(81)74-45(55(85)73-44)28-34-9-6-5-7-10-34)71-50(80)40(15-22-63)72-58(88)48(33(4)78)76-56(86)46(17-24-65)90-59(89)36-18-25-66-43(30-36)35-11-8-12-37(60)29-35/h5-12,18,25,29-33,38-42,44-48,77-78H,13-17,19-24,26-28,61-65H2,1-4H3,(H,67,87)(H,68,82)(H,69,79)(H,70,84)(H,71,80)(H,72,88)(H,73,85)(H,74,81)(H,75,83)(H,76,86)/t32-,33?,38-,39-,40-,41-,42-,44-,45+,46-,47-,48-/m0/s1. The lowest BCUT2D eigenvalue weighted by molar-refractivity contribution is -0.138. The van der Waals surface area contributed by atoms with Gasteiger partial charge in [0.15, 0.2) is 6.10 Å². The second kappa shape index (κ2) is 37.7. The van der Waals surface area contributed by atoms with Crippen LogP contribution in [0.25, 0.3) is 11.3 Å². The lowest BCUT2D eigenvalue weighted by Crippen LogP contribution is -2.61. The molecule has 0 bridgehead atoms. The number of halogens is 1. The van der Waals surface area contributed by atoms with Crippen molar-refractivity contribution in [1.29, 1.82) is 0 Å². The Morgan fingerprint density at radius 1 is 0.622 bits per heavy atom. The van der Waals surface area contributed by atoms with E-state index in [1.165, 1.54) is 25.3 Å². The van der Waals surface area contributed by atoms with E-state index >= 15 is 0 Å². The van der Waals surface area contributed by atoms with E-state index in [0.29, 0.717) is 21.8 Å². The molecule has 31 heteroatoms. The minimum Gasteiger partial charge on any atom is -0.449 e. The Kier molecular flexibility index (Phi) is 31.1. The number of benzene rings is 2. The van der Waals surface area contributed by atoms with Crippen molar-refractivity contribution in [1.82, 2.24) is 58.2 Å². The molecule has 22 N–H and O–H groups in total. The van der Waals surface area contributed by atoms with Crippen LogP contribution >= 0.6 is 11.6 Å². The minimum absolute atomic E-state index is 0.00112. The molecule has 494 valence electrons. The normalized spacial score (nSPS) is 21.8. The van der Waals surface area contributed by atoms with Gasteiger partial charge in [-0.2, -0.15) is 0 Å². The van der Waals surface area contributed by atoms with Gasteiger partial charge >= 0.3 is 5.97 Å². The lowest BCUT2D eigenvalue weighted by Gasteiger charge is -2.29. The highest BCUT2D eigenvalue weighted by Gasteiger charge is 2.38. The second-order valence-electron chi connectivity index (χ2n) is 22.0. The fourth-order valence-corrected chi connectivity index (χ4v) is 9.57. The molecule has 0 saturated carbocycles. The highest BCUT2D eigenvalue weighted by atomic mass is 35.5. The van der Waals surface area contributed by atoms with Gasteiger partial charge in [-0.05, 0) is 121 Å². The summed E-state index contributed by atoms with van der Waals surface area (Å²) in [5.74, 6) is -11.0. The molecular formula is C59H87ClN16O14. The van der Waals surface area contributed by atoms with Crippen LogP contribution in [-0.2, 0) is 59.1 Å². The number of pyridine rings is 1. The third-order valence-corrected chi connectivity index (χ3v) is 14.4. The minimum atomic E-state index is -1.82. The fraction of sp³-hybridized carbons (Fsp3) is 0.525. The quantitative estimate of drug-likeness (QED) is 0.0356. The average molecular weight is 1280 g/mol. The van der Waals surface area contributed by atoms with Gasteiger partial charge in [-0.1, -0.05) is 67.9 Å². The first kappa shape index (κ1) is 74.2. The predicted molar refractivity (Wildman–Crippen MR) is 330 cm³/mol. The van der Waals surface area contributed by atoms with E-state index in [2.05, 4.69) is 58.2 Å². The van der Waals surface area contributed by atoms with Crippen LogP contribution in [-0.4, -0.2) is 192 Å². The zero-order valence-corrected chi connectivity index (χ0v) is 51.6. The summed E-state index contributed by atoms with van der Waals surface area (Å²) in [6.07, 6.45) is -5.24. The Balaban J connectivity index is 1.70. The summed E-state index contributed by atoms with van der Waals surface area (Å²) >= 11 is 6.15. The molecule has 2 aromatic carbocycles. The van der Waals surface area contributed by atoms with Crippen LogP contribution in [0.4, 0.5) is 0 Å². The molecule has 12 atom stereocenters. The number of ether oxygens (including phenoxy) is 1. The molecule has 90 heavy (non-hydrogen) atoms. The van der Waals surface area contributed by atoms with Crippen molar-refractivity contribution in [3.05, 3.63) is 89.1 Å². The Labute approximate surface area is 526 Å². The monoisotopic (exact) mass is 1280 g/mol. The van der Waals surface area contributed by atoms with E-state index in [-0.39, 0.29) is 89.2 Å². The predicted octanol–water partition coefficient (Wildman–Crippen LogP) is -4.40. The first-order valence-corrected chi connectivity index (χ1v) is 30.1. The van der Waals surface area contributed by atoms with Crippen molar-refractivity contribution in [2.75, 3.05) is 39.3 Å². The number of rotatable bonds is 25. The van der Waals surface area contributed by atoms with Crippen LogP contribution in [0.15, 0.2) is 72.9 Å². The third-order valence-electron chi connectivity index (χ3n) is 14.2. The number of hydrogen-bond donors (Lipinski definition) is 17. The number of aliphatic hydroxyl groups excluding tert-OH is 2. The van der Waals surface area contributed by atoms with Crippen LogP contribution in [0.2, 0.25) is 5.02 Å². The summed E-state index contributed by atoms with van der Waals surface area (Å²) in [6, 6.07) is 4.03. The molecule has 1 aliphatic heterocycles. The van der Waals surface area contributed by atoms with Crippen LogP contribution < -0.4 is 81.8 Å². The van der Waals surface area contributed by atoms with Crippen LogP contribution in [0.5, 0.6) is 0 Å². The Bertz CT molecular complexity index is 2930. The zero-order chi connectivity index (χ0) is 66.6. The Morgan fingerprint density at radius 2 is 1.18 bits per heavy atom. The maximum absolute atomic E-state index is 14.6. The number of carbonyl (C=O) groups is 11. The van der Waals surface area contributed by atoms with E-state index in [0.717, 1.165) is 6.92 Å². The second-order valence-corrected chi connectivity index (χ2v) is 22.4. The molecule has 0 spiro atoms. The fourth-order valence-electron chi connectivity index (χ4n) is 9.38. The number of nitrogens with zero attached hydrogens (tertiary/aromatic N) is 1. The first-order chi connectivity index (χ1) is 42.8. The van der Waals surface area contributed by atoms with E-state index in [1.807, 2.05) is 0 Å². The van der Waals surface area contributed by atoms with Gasteiger partial charge in [0, 0.05) is 36.2 Å². The van der Waals surface area contributed by atoms with Gasteiger partial charge in [0.2, 0.25) is 53.2 Å². The average Bonchev–Trinajstić information content (AvgIpc) is 1.15. The van der Waals surface area contributed by atoms with E-state index < -0.39 is 151 Å². The van der Waals surface area contributed by atoms with Crippen LogP contribution in [0.3, 0.4) is 0 Å². The van der Waals surface area contributed by atoms with Gasteiger partial charge in [0.25, 0.3) is 5.91 Å². The number of nitrogens with one attached hydrogen (secondary N) is 10. The molecule has 1 aliphatic rings. The number of esters is 1. The molecule has 1 fully saturated rings. The highest BCUT2D eigenvalue weighted by molar-refractivity contribution is 6.30. The molecule has 0 radical (unpaired) electrons. The SMILES string of the molecule is CC(C)C[C@@H]1NC(=O)[C@@H](Cc2ccccc2)NC(=O)[C@H](CCN)NC(=O)[C@@H](NC(=O)[C@H](CCN)NC(=O)[C@@H](NC(=O)[C@H](CCN)OC(=O)c2ccnc(-c3cccc(Cl)c3)c2)C(C)O)CCNC(=O)[C@H]([C@H](C)O)NC(=O)[C@H](CCN)NC(=O)[C@H](CCN)NC1=O. The molecule has 1 saturated heterocycles. The highest BCUT2D eigenvalue weighted by Crippen LogP contribution is 2.22. The first-order valence-electron chi connectivity index (χ1n) is 29.7. The van der Waals surface area contributed by atoms with Gasteiger partial charge in [0.1, 0.15) is 54.4 Å². The maximum atomic E-state index is 14.6. The van der Waals surface area contributed by atoms with Crippen molar-refractivity contribution in [3.63, 3.8) is 0 Å². The lowest BCUT2D eigenvalue weighted by atomic mass is 10.00. The summed E-state index contributed by atoms with van der Waals surface area (Å²) in [4.78, 5) is 159. The van der Waals surface area contributed by atoms with Crippen LogP contribution in [0.1, 0.15) is 88.6 Å². The largest absolute Gasteiger partial charge is 0.449 e. The number of aliphatic hydroxyl groups is 2. The summed E-state index contributed by atoms with van der Waals surface area (Å²) < 4.78 is 5.55. The molecule has 30 nitrogen and oxygen atoms in total. The van der Waals surface area contributed by atoms with Gasteiger partial charge in [-0.3, -0.25) is 52.9 Å². The Hall–Kier alpha value is -8.23. The van der Waals surface area contributed by atoms with E-state index in [4.69, 9.17) is 45.0 Å². The summed E-state index contributed by atoms with van der Waals surface area (Å²) in [6.45, 7) is 4.47. The molecule has 2 heterocycles. The van der Waals surface area contributed by atoms with Crippen molar-refractivity contribution in [2.45, 2.75) is 152 Å². The van der Waals surface area contributed by atoms with Crippen LogP contribution in [0, 0.1) is 5.92 Å². The number of amides is 10. The van der Waals surface area contributed by atoms with Crippen molar-refractivity contribution < 1.29 is 67.7 Å². The van der Waals surface area contributed by atoms with Gasteiger partial charge in [-0.15, -0.1) is 0 Å². The van der Waals surface area contributed by atoms with Gasteiger partial charge < -0.3 is 96.8 Å². The van der Waals surface area contributed by atoms with E-state index in [1.54, 1.807) is 68.4 Å². The van der Waals surface area contributed by atoms with E-state index in [9.17, 15) is 63.0 Å². The smallest absolute Gasteiger partial charge is 0.339 e. The molecule has 3 aromatic rings. The summed E-state index contributed by atoms with van der Waals surface area (Å²) in [5, 5.41) is 47.4. The molecule has 4 rings (SSSR count). The number of nitrogens with two attached hydrogens (primary N) is 5. The molecule has 0 aliphatic carbocycles. The van der Waals surface area contributed by atoms with Gasteiger partial charge in [0.05, 0.1) is 23.5 Å². The van der Waals surface area contributed by atoms with Crippen molar-refractivity contribution in [3.8, 4) is 11.3 Å². The summed E-state index contributed by atoms with van der Waals surface area (Å²) in [7, 11) is 0. The summed E-state index contributed by atoms with van der Waals surface area (Å²) in [5.41, 5.74) is 30.9. The zero-order valence-electron chi connectivity index (χ0n) is 50.8. The number of hydrogen-bond acceptors (Lipinski definition) is 20. The number of aromatic nitrogens is 1. The maximum Gasteiger partial charge on any atom is 0.339 e. The molecular weight excluding hydrogens is 1190 g/mol. The van der Waals surface area contributed by atoms with Crippen molar-refractivity contribution >= 4 is 76.6 Å². The topological polar surface area (TPSA) is 501 Å². The number of carbonyl (C=O) groups excluding carboxylic acids is 11.